The molecule has 0 heterocycles. The predicted octanol–water partition coefficient (Wildman–Crippen LogP) is 8.91. The molecule has 274 valence electrons. The van der Waals surface area contributed by atoms with E-state index in [-0.39, 0.29) is 6.61 Å². The zero-order valence-corrected chi connectivity index (χ0v) is 25.2. The van der Waals surface area contributed by atoms with Gasteiger partial charge in [-0.3, -0.25) is 4.79 Å². The Balaban J connectivity index is 0. The lowest BCUT2D eigenvalue weighted by atomic mass is 9.88. The van der Waals surface area contributed by atoms with E-state index in [0.29, 0.717) is 18.3 Å². The van der Waals surface area contributed by atoms with Gasteiger partial charge < -0.3 is 14.3 Å². The monoisotopic (exact) mass is 714 g/mol. The Morgan fingerprint density at radius 2 is 1.04 bits per heavy atom. The van der Waals surface area contributed by atoms with E-state index in [1.165, 1.54) is 0 Å². The van der Waals surface area contributed by atoms with Crippen molar-refractivity contribution in [3.8, 4) is 0 Å². The van der Waals surface area contributed by atoms with Crippen LogP contribution in [0.1, 0.15) is 54.4 Å². The third-order valence-electron chi connectivity index (χ3n) is 5.91. The molecule has 46 heavy (non-hydrogen) atoms. The average molecular weight is 715 g/mol. The van der Waals surface area contributed by atoms with E-state index in [2.05, 4.69) is 13.8 Å². The number of alkyl halides is 15. The highest BCUT2D eigenvalue weighted by Crippen LogP contribution is 2.60. The summed E-state index contributed by atoms with van der Waals surface area (Å²) >= 11 is 0. The summed E-state index contributed by atoms with van der Waals surface area (Å²) < 4.78 is 209. The molecule has 0 fully saturated rings. The van der Waals surface area contributed by atoms with Crippen molar-refractivity contribution in [2.24, 2.45) is 11.8 Å². The van der Waals surface area contributed by atoms with Crippen molar-refractivity contribution < 1.29 is 89.3 Å². The Labute approximate surface area is 253 Å². The van der Waals surface area contributed by atoms with Gasteiger partial charge in [0.15, 0.2) is 6.67 Å². The highest BCUT2D eigenvalue weighted by Gasteiger charge is 2.91. The molecule has 0 saturated heterocycles. The minimum atomic E-state index is -8.10. The van der Waals surface area contributed by atoms with Crippen LogP contribution in [0.15, 0.2) is 12.2 Å². The molecule has 0 aliphatic rings. The Bertz CT molecular complexity index is 1000. The predicted molar refractivity (Wildman–Crippen MR) is 131 cm³/mol. The second-order valence-electron chi connectivity index (χ2n) is 11.3. The van der Waals surface area contributed by atoms with E-state index < -0.39 is 72.5 Å². The zero-order valence-electron chi connectivity index (χ0n) is 25.2. The van der Waals surface area contributed by atoms with Crippen LogP contribution < -0.4 is 0 Å². The second-order valence-corrected chi connectivity index (χ2v) is 11.3. The standard InChI is InChI=1S/C18H31FO4.C8H3F15/c1-14(2)11-17(5,22-10-9-20)7-8-18(6,12-15(3)4)23-13-16(19)21;9-1-3(12,13)5(16,17)7(20,21)8(22,23)6(18,19)4(14,15)2(10)11/h7-9,14-15H,10-13H2,1-6H3;2H,1H2/b8-7+;. The van der Waals surface area contributed by atoms with Crippen molar-refractivity contribution in [1.82, 2.24) is 0 Å². The zero-order chi connectivity index (χ0) is 37.4. The number of aldehydes is 1. The van der Waals surface area contributed by atoms with Gasteiger partial charge in [0, 0.05) is 0 Å². The molecule has 0 aliphatic carbocycles. The van der Waals surface area contributed by atoms with Crippen LogP contribution >= 0.6 is 0 Å². The number of carbonyl (C=O) groups excluding carboxylic acids is 2. The number of rotatable bonds is 19. The first kappa shape index (κ1) is 46.0. The normalized spacial score (nSPS) is 16.8. The molecular formula is C26H34F16O4. The summed E-state index contributed by atoms with van der Waals surface area (Å²) in [5.41, 5.74) is -1.38. The molecule has 2 atom stereocenters. The number of carbonyl (C=O) groups is 2. The van der Waals surface area contributed by atoms with Gasteiger partial charge in [0.2, 0.25) is 0 Å². The topological polar surface area (TPSA) is 52.6 Å². The molecule has 0 aromatic carbocycles. The van der Waals surface area contributed by atoms with Crippen molar-refractivity contribution in [2.45, 2.75) is 108 Å². The molecule has 20 heteroatoms. The Morgan fingerprint density at radius 3 is 1.35 bits per heavy atom. The molecular weight excluding hydrogens is 680 g/mol. The maximum absolute atomic E-state index is 12.7. The molecule has 0 bridgehead atoms. The van der Waals surface area contributed by atoms with Crippen molar-refractivity contribution in [2.75, 3.05) is 19.9 Å². The number of hydrogen-bond donors (Lipinski definition) is 0. The summed E-state index contributed by atoms with van der Waals surface area (Å²) in [7, 11) is 0. The first-order chi connectivity index (χ1) is 20.3. The molecule has 0 N–H and O–H groups in total. The Hall–Kier alpha value is -2.12. The third-order valence-corrected chi connectivity index (χ3v) is 5.91. The molecule has 4 nitrogen and oxygen atoms in total. The van der Waals surface area contributed by atoms with Gasteiger partial charge in [0.25, 0.3) is 0 Å². The molecule has 0 radical (unpaired) electrons. The molecule has 0 aliphatic heterocycles. The van der Waals surface area contributed by atoms with Crippen LogP contribution in [0.2, 0.25) is 0 Å². The largest absolute Gasteiger partial charge is 0.384 e. The molecule has 0 amide bonds. The van der Waals surface area contributed by atoms with Crippen molar-refractivity contribution >= 4 is 12.3 Å². The van der Waals surface area contributed by atoms with E-state index >= 15 is 0 Å². The van der Waals surface area contributed by atoms with Gasteiger partial charge >= 0.3 is 48.0 Å². The van der Waals surface area contributed by atoms with Crippen molar-refractivity contribution in [3.05, 3.63) is 12.2 Å². The summed E-state index contributed by atoms with van der Waals surface area (Å²) in [6.45, 7) is 7.62. The van der Waals surface area contributed by atoms with E-state index in [1.54, 1.807) is 0 Å². The first-order valence-corrected chi connectivity index (χ1v) is 13.0. The molecule has 0 rings (SSSR count). The lowest BCUT2D eigenvalue weighted by Gasteiger charge is -2.40. The minimum absolute atomic E-state index is 0.0122. The van der Waals surface area contributed by atoms with Crippen LogP contribution in [0, 0.1) is 11.8 Å². The third kappa shape index (κ3) is 11.0. The second kappa shape index (κ2) is 16.3. The average Bonchev–Trinajstić information content (AvgIpc) is 2.88. The Morgan fingerprint density at radius 1 is 0.674 bits per heavy atom. The number of hydrogen-bond acceptors (Lipinski definition) is 4. The van der Waals surface area contributed by atoms with Gasteiger partial charge in [-0.2, -0.15) is 57.1 Å². The fourth-order valence-corrected chi connectivity index (χ4v) is 3.82. The fourth-order valence-electron chi connectivity index (χ4n) is 3.82. The van der Waals surface area contributed by atoms with Gasteiger partial charge in [-0.05, 0) is 38.5 Å². The molecule has 0 saturated carbocycles. The van der Waals surface area contributed by atoms with Crippen LogP contribution in [0.3, 0.4) is 0 Å². The van der Waals surface area contributed by atoms with Crippen LogP contribution in [-0.4, -0.2) is 85.4 Å². The summed E-state index contributed by atoms with van der Waals surface area (Å²) in [5, 5.41) is 0. The lowest BCUT2D eigenvalue weighted by molar-refractivity contribution is -0.433. The summed E-state index contributed by atoms with van der Waals surface area (Å²) in [6.07, 6.45) is 0.0386. The molecule has 2 unspecified atom stereocenters. The highest BCUT2D eigenvalue weighted by molar-refractivity contribution is 5.69. The van der Waals surface area contributed by atoms with E-state index in [0.717, 1.165) is 12.7 Å². The molecule has 0 aromatic heterocycles. The van der Waals surface area contributed by atoms with Gasteiger partial charge in [-0.15, -0.1) is 0 Å². The fraction of sp³-hybridized carbons (Fsp3) is 0.846. The minimum Gasteiger partial charge on any atom is -0.364 e. The van der Waals surface area contributed by atoms with Gasteiger partial charge in [0.05, 0.1) is 11.2 Å². The van der Waals surface area contributed by atoms with Gasteiger partial charge in [-0.25, -0.2) is 13.2 Å². The van der Waals surface area contributed by atoms with Crippen LogP contribution in [-0.2, 0) is 19.1 Å². The van der Waals surface area contributed by atoms with Crippen LogP contribution in [0.25, 0.3) is 0 Å². The Kier molecular flexibility index (Phi) is 16.3. The van der Waals surface area contributed by atoms with E-state index in [4.69, 9.17) is 9.47 Å². The summed E-state index contributed by atoms with van der Waals surface area (Å²) in [6, 6.07) is -1.49. The molecule has 0 spiro atoms. The van der Waals surface area contributed by atoms with Crippen molar-refractivity contribution in [3.63, 3.8) is 0 Å². The number of halogens is 16. The van der Waals surface area contributed by atoms with Crippen LogP contribution in [0.5, 0.6) is 0 Å². The SMILES string of the molecule is CC(C)CC(C)(/C=C/C(C)(CC(C)C)OCC(=O)F)OCC=O.FCC(F)(F)C(F)(F)C(F)(F)C(F)(F)C(F)(F)C(F)(F)C(F)F. The van der Waals surface area contributed by atoms with E-state index in [1.807, 2.05) is 39.8 Å². The van der Waals surface area contributed by atoms with Gasteiger partial charge in [-0.1, -0.05) is 39.8 Å². The van der Waals surface area contributed by atoms with Crippen LogP contribution in [0.4, 0.5) is 70.2 Å². The van der Waals surface area contributed by atoms with Gasteiger partial charge in [0.1, 0.15) is 19.5 Å². The summed E-state index contributed by atoms with van der Waals surface area (Å²) in [5.74, 6) is -44.9. The highest BCUT2D eigenvalue weighted by atomic mass is 19.4. The van der Waals surface area contributed by atoms with E-state index in [9.17, 15) is 79.8 Å². The first-order valence-electron chi connectivity index (χ1n) is 13.0. The molecule has 0 aromatic rings. The lowest BCUT2D eigenvalue weighted by Crippen LogP contribution is -2.71. The number of ether oxygens (including phenoxy) is 2. The van der Waals surface area contributed by atoms with Crippen molar-refractivity contribution in [1.29, 1.82) is 0 Å². The maximum atomic E-state index is 12.7. The quantitative estimate of drug-likeness (QED) is 0.0581. The maximum Gasteiger partial charge on any atom is 0.384 e. The smallest absolute Gasteiger partial charge is 0.364 e. The summed E-state index contributed by atoms with van der Waals surface area (Å²) in [4.78, 5) is 21.2.